The number of hydrogen-bond acceptors (Lipinski definition) is 4. The third-order valence-electron chi connectivity index (χ3n) is 3.04. The lowest BCUT2D eigenvalue weighted by Crippen LogP contribution is -2.30. The van der Waals surface area contributed by atoms with Crippen molar-refractivity contribution in [3.05, 3.63) is 29.3 Å². The first-order valence-electron chi connectivity index (χ1n) is 7.28. The average molecular weight is 352 g/mol. The minimum Gasteiger partial charge on any atom is -0.485 e. The highest BCUT2D eigenvalue weighted by atomic mass is 19.2. The van der Waals surface area contributed by atoms with Crippen LogP contribution in [-0.2, 0) is 9.53 Å². The SMILES string of the molecule is C[C@@H](CC(=O)OC(C)(C)C)C(O)COc1c(F)c(F)cc(F)c1F. The number of halogens is 4. The Bertz CT molecular complexity index is 572. The van der Waals surface area contributed by atoms with Crippen LogP contribution in [0.3, 0.4) is 0 Å². The van der Waals surface area contributed by atoms with Gasteiger partial charge in [-0.3, -0.25) is 4.79 Å². The zero-order valence-electron chi connectivity index (χ0n) is 13.8. The molecule has 0 aliphatic carbocycles. The molecule has 1 rings (SSSR count). The number of rotatable bonds is 6. The van der Waals surface area contributed by atoms with Crippen LogP contribution in [0.25, 0.3) is 0 Å². The fourth-order valence-electron chi connectivity index (χ4n) is 1.79. The third-order valence-corrected chi connectivity index (χ3v) is 3.04. The van der Waals surface area contributed by atoms with Crippen molar-refractivity contribution >= 4 is 5.97 Å². The lowest BCUT2D eigenvalue weighted by atomic mass is 10.0. The molecule has 136 valence electrons. The van der Waals surface area contributed by atoms with E-state index in [-0.39, 0.29) is 12.5 Å². The van der Waals surface area contributed by atoms with Gasteiger partial charge >= 0.3 is 5.97 Å². The smallest absolute Gasteiger partial charge is 0.306 e. The lowest BCUT2D eigenvalue weighted by molar-refractivity contribution is -0.157. The van der Waals surface area contributed by atoms with E-state index in [1.54, 1.807) is 20.8 Å². The highest BCUT2D eigenvalue weighted by Gasteiger charge is 2.25. The van der Waals surface area contributed by atoms with Crippen LogP contribution in [0, 0.1) is 29.2 Å². The average Bonchev–Trinajstić information content (AvgIpc) is 2.42. The van der Waals surface area contributed by atoms with Crippen molar-refractivity contribution in [2.75, 3.05) is 6.61 Å². The van der Waals surface area contributed by atoms with Gasteiger partial charge in [0.05, 0.1) is 12.5 Å². The molecule has 0 saturated heterocycles. The van der Waals surface area contributed by atoms with Gasteiger partial charge in [-0.1, -0.05) is 6.92 Å². The van der Waals surface area contributed by atoms with Gasteiger partial charge < -0.3 is 14.6 Å². The van der Waals surface area contributed by atoms with Crippen LogP contribution in [-0.4, -0.2) is 29.4 Å². The van der Waals surface area contributed by atoms with Crippen molar-refractivity contribution in [3.63, 3.8) is 0 Å². The van der Waals surface area contributed by atoms with Gasteiger partial charge in [-0.25, -0.2) is 8.78 Å². The van der Waals surface area contributed by atoms with Gasteiger partial charge in [0.2, 0.25) is 11.6 Å². The quantitative estimate of drug-likeness (QED) is 0.485. The molecule has 0 aliphatic heterocycles. The number of hydrogen-bond donors (Lipinski definition) is 1. The lowest BCUT2D eigenvalue weighted by Gasteiger charge is -2.23. The van der Waals surface area contributed by atoms with Crippen LogP contribution in [0.4, 0.5) is 17.6 Å². The highest BCUT2D eigenvalue weighted by Crippen LogP contribution is 2.27. The van der Waals surface area contributed by atoms with Gasteiger partial charge in [-0.2, -0.15) is 8.78 Å². The fraction of sp³-hybridized carbons (Fsp3) is 0.562. The minimum atomic E-state index is -1.69. The molecule has 24 heavy (non-hydrogen) atoms. The second-order valence-corrected chi connectivity index (χ2v) is 6.44. The number of carbonyl (C=O) groups is 1. The molecule has 0 fully saturated rings. The van der Waals surface area contributed by atoms with E-state index in [2.05, 4.69) is 4.74 Å². The van der Waals surface area contributed by atoms with Crippen molar-refractivity contribution in [2.45, 2.75) is 45.8 Å². The molecule has 0 aliphatic rings. The van der Waals surface area contributed by atoms with E-state index in [1.807, 2.05) is 0 Å². The van der Waals surface area contributed by atoms with Crippen LogP contribution in [0.2, 0.25) is 0 Å². The molecular weight excluding hydrogens is 332 g/mol. The Kier molecular flexibility index (Phi) is 6.59. The van der Waals surface area contributed by atoms with E-state index in [0.717, 1.165) is 0 Å². The molecule has 0 spiro atoms. The summed E-state index contributed by atoms with van der Waals surface area (Å²) in [5, 5.41) is 9.88. The van der Waals surface area contributed by atoms with Crippen molar-refractivity contribution in [1.82, 2.24) is 0 Å². The van der Waals surface area contributed by atoms with Crippen molar-refractivity contribution in [3.8, 4) is 5.75 Å². The number of aliphatic hydroxyl groups is 1. The molecule has 0 bridgehead atoms. The maximum atomic E-state index is 13.4. The molecule has 1 unspecified atom stereocenters. The maximum absolute atomic E-state index is 13.4. The van der Waals surface area contributed by atoms with Gasteiger partial charge in [0, 0.05) is 6.07 Å². The van der Waals surface area contributed by atoms with E-state index in [4.69, 9.17) is 4.74 Å². The molecule has 1 aromatic carbocycles. The number of ether oxygens (including phenoxy) is 2. The van der Waals surface area contributed by atoms with Crippen LogP contribution in [0.1, 0.15) is 34.1 Å². The second-order valence-electron chi connectivity index (χ2n) is 6.44. The van der Waals surface area contributed by atoms with Crippen LogP contribution in [0.5, 0.6) is 5.75 Å². The van der Waals surface area contributed by atoms with Gasteiger partial charge in [-0.05, 0) is 26.7 Å². The first kappa shape index (κ1) is 20.2. The summed E-state index contributed by atoms with van der Waals surface area (Å²) in [6, 6.07) is 0.0546. The summed E-state index contributed by atoms with van der Waals surface area (Å²) in [7, 11) is 0. The molecule has 0 amide bonds. The molecule has 4 nitrogen and oxygen atoms in total. The van der Waals surface area contributed by atoms with E-state index in [1.165, 1.54) is 6.92 Å². The van der Waals surface area contributed by atoms with Crippen LogP contribution < -0.4 is 4.74 Å². The molecule has 0 heterocycles. The summed E-state index contributed by atoms with van der Waals surface area (Å²) in [4.78, 5) is 11.7. The molecule has 1 aromatic rings. The molecule has 0 saturated carbocycles. The van der Waals surface area contributed by atoms with Crippen LogP contribution in [0.15, 0.2) is 6.07 Å². The predicted molar refractivity (Wildman–Crippen MR) is 77.4 cm³/mol. The van der Waals surface area contributed by atoms with E-state index in [0.29, 0.717) is 0 Å². The summed E-state index contributed by atoms with van der Waals surface area (Å²) in [5.41, 5.74) is -0.691. The van der Waals surface area contributed by atoms with Gasteiger partial charge in [0.1, 0.15) is 12.2 Å². The summed E-state index contributed by atoms with van der Waals surface area (Å²) in [6.45, 7) is 5.88. The molecule has 0 aromatic heterocycles. The Morgan fingerprint density at radius 3 is 2.12 bits per heavy atom. The first-order chi connectivity index (χ1) is 10.9. The van der Waals surface area contributed by atoms with E-state index in [9.17, 15) is 27.5 Å². The number of benzene rings is 1. The topological polar surface area (TPSA) is 55.8 Å². The van der Waals surface area contributed by atoms with Gasteiger partial charge in [0.15, 0.2) is 17.4 Å². The Labute approximate surface area is 137 Å². The van der Waals surface area contributed by atoms with Crippen molar-refractivity contribution in [1.29, 1.82) is 0 Å². The van der Waals surface area contributed by atoms with Crippen LogP contribution >= 0.6 is 0 Å². The Balaban J connectivity index is 2.66. The summed E-state index contributed by atoms with van der Waals surface area (Å²) in [6.07, 6.45) is -1.47. The standard InChI is InChI=1S/C16H20F4O4/c1-8(5-12(22)24-16(2,3)4)11(21)7-23-15-13(19)9(17)6-10(18)14(15)20/h6,8,11,21H,5,7H2,1-4H3/t8-,11?/m0/s1. The molecule has 0 radical (unpaired) electrons. The Hall–Kier alpha value is -1.83. The molecule has 1 N–H and O–H groups in total. The summed E-state index contributed by atoms with van der Waals surface area (Å²) < 4.78 is 62.7. The zero-order valence-corrected chi connectivity index (χ0v) is 13.8. The second kappa shape index (κ2) is 7.83. The Morgan fingerprint density at radius 1 is 1.17 bits per heavy atom. The predicted octanol–water partition coefficient (Wildman–Crippen LogP) is 3.35. The normalized spacial score (nSPS) is 14.2. The maximum Gasteiger partial charge on any atom is 0.306 e. The monoisotopic (exact) mass is 352 g/mol. The van der Waals surface area contributed by atoms with Crippen molar-refractivity contribution in [2.24, 2.45) is 5.92 Å². The van der Waals surface area contributed by atoms with Gasteiger partial charge in [-0.15, -0.1) is 0 Å². The highest BCUT2D eigenvalue weighted by molar-refractivity contribution is 5.70. The zero-order chi connectivity index (χ0) is 18.7. The Morgan fingerprint density at radius 2 is 1.67 bits per heavy atom. The first-order valence-corrected chi connectivity index (χ1v) is 7.28. The largest absolute Gasteiger partial charge is 0.485 e. The third kappa shape index (κ3) is 5.67. The van der Waals surface area contributed by atoms with E-state index >= 15 is 0 Å². The summed E-state index contributed by atoms with van der Waals surface area (Å²) >= 11 is 0. The van der Waals surface area contributed by atoms with Crippen molar-refractivity contribution < 1.29 is 36.9 Å². The molecule has 8 heteroatoms. The minimum absolute atomic E-state index is 0.0546. The fourth-order valence-corrected chi connectivity index (χ4v) is 1.79. The summed E-state index contributed by atoms with van der Waals surface area (Å²) in [5.74, 6) is -9.09. The number of esters is 1. The van der Waals surface area contributed by atoms with E-state index < -0.39 is 59.2 Å². The molecule has 2 atom stereocenters. The van der Waals surface area contributed by atoms with Gasteiger partial charge in [0.25, 0.3) is 0 Å². The number of aliphatic hydroxyl groups excluding tert-OH is 1. The molecular formula is C16H20F4O4. The number of carbonyl (C=O) groups excluding carboxylic acids is 1.